The van der Waals surface area contributed by atoms with E-state index in [0.29, 0.717) is 11.8 Å². The van der Waals surface area contributed by atoms with Crippen LogP contribution in [-0.4, -0.2) is 24.4 Å². The molecule has 6 heteroatoms. The van der Waals surface area contributed by atoms with E-state index in [0.717, 1.165) is 5.52 Å². The zero-order chi connectivity index (χ0) is 16.4. The van der Waals surface area contributed by atoms with Crippen LogP contribution < -0.4 is 0 Å². The molecule has 1 unspecified atom stereocenters. The summed E-state index contributed by atoms with van der Waals surface area (Å²) >= 11 is 0. The second-order valence-electron chi connectivity index (χ2n) is 5.37. The molecule has 3 rings (SSSR count). The van der Waals surface area contributed by atoms with Crippen LogP contribution in [0.25, 0.3) is 10.9 Å². The van der Waals surface area contributed by atoms with E-state index in [2.05, 4.69) is 5.10 Å². The molecule has 0 aliphatic carbocycles. The van der Waals surface area contributed by atoms with Crippen LogP contribution in [-0.2, 0) is 9.84 Å². The maximum Gasteiger partial charge on any atom is 0.226 e. The number of aromatic nitrogens is 2. The van der Waals surface area contributed by atoms with Crippen molar-refractivity contribution in [3.05, 3.63) is 54.6 Å². The Labute approximate surface area is 135 Å². The van der Waals surface area contributed by atoms with Crippen molar-refractivity contribution in [2.45, 2.75) is 29.3 Å². The normalized spacial score (nSPS) is 13.1. The van der Waals surface area contributed by atoms with Crippen LogP contribution in [0.1, 0.15) is 19.4 Å². The van der Waals surface area contributed by atoms with Gasteiger partial charge in [0.2, 0.25) is 9.84 Å². The van der Waals surface area contributed by atoms with Crippen molar-refractivity contribution >= 4 is 27.0 Å². The van der Waals surface area contributed by atoms with Gasteiger partial charge in [0.05, 0.1) is 16.5 Å². The second kappa shape index (κ2) is 5.96. The van der Waals surface area contributed by atoms with Gasteiger partial charge < -0.3 is 5.41 Å². The Hall–Kier alpha value is -2.47. The SMILES string of the molecule is CC(CC=N)n1nc(S(=O)(=O)c2ccccc2)c2ccccc21. The molecule has 0 spiro atoms. The van der Waals surface area contributed by atoms with Crippen molar-refractivity contribution in [1.82, 2.24) is 9.78 Å². The van der Waals surface area contributed by atoms with E-state index >= 15 is 0 Å². The molecule has 0 radical (unpaired) electrons. The minimum absolute atomic E-state index is 0.0659. The lowest BCUT2D eigenvalue weighted by Gasteiger charge is -2.10. The van der Waals surface area contributed by atoms with Crippen molar-refractivity contribution in [1.29, 1.82) is 5.41 Å². The fraction of sp³-hybridized carbons (Fsp3) is 0.176. The van der Waals surface area contributed by atoms with Gasteiger partial charge in [0.1, 0.15) is 0 Å². The fourth-order valence-electron chi connectivity index (χ4n) is 2.58. The predicted octanol–water partition coefficient (Wildman–Crippen LogP) is 3.47. The van der Waals surface area contributed by atoms with Gasteiger partial charge in [0, 0.05) is 11.8 Å². The van der Waals surface area contributed by atoms with Crippen molar-refractivity contribution < 1.29 is 8.42 Å². The molecule has 2 aromatic carbocycles. The molecule has 118 valence electrons. The third kappa shape index (κ3) is 2.66. The minimum atomic E-state index is -3.68. The lowest BCUT2D eigenvalue weighted by atomic mass is 10.2. The van der Waals surface area contributed by atoms with Gasteiger partial charge >= 0.3 is 0 Å². The zero-order valence-electron chi connectivity index (χ0n) is 12.7. The monoisotopic (exact) mass is 327 g/mol. The molecular weight excluding hydrogens is 310 g/mol. The van der Waals surface area contributed by atoms with Crippen LogP contribution in [0.15, 0.2) is 64.5 Å². The third-order valence-corrected chi connectivity index (χ3v) is 5.47. The number of benzene rings is 2. The Morgan fingerprint density at radius 1 is 1.13 bits per heavy atom. The van der Waals surface area contributed by atoms with Gasteiger partial charge in [-0.2, -0.15) is 5.10 Å². The van der Waals surface area contributed by atoms with Gasteiger partial charge in [-0.3, -0.25) is 4.68 Å². The van der Waals surface area contributed by atoms with Crippen molar-refractivity contribution in [3.63, 3.8) is 0 Å². The summed E-state index contributed by atoms with van der Waals surface area (Å²) in [6.07, 6.45) is 1.81. The smallest absolute Gasteiger partial charge is 0.226 e. The van der Waals surface area contributed by atoms with Gasteiger partial charge in [-0.1, -0.05) is 30.3 Å². The van der Waals surface area contributed by atoms with E-state index in [1.165, 1.54) is 6.21 Å². The summed E-state index contributed by atoms with van der Waals surface area (Å²) in [6.45, 7) is 1.92. The molecule has 0 saturated heterocycles. The highest BCUT2D eigenvalue weighted by Crippen LogP contribution is 2.29. The van der Waals surface area contributed by atoms with E-state index in [-0.39, 0.29) is 16.0 Å². The molecule has 0 aliphatic rings. The summed E-state index contributed by atoms with van der Waals surface area (Å²) in [5.74, 6) is 0. The van der Waals surface area contributed by atoms with E-state index in [4.69, 9.17) is 5.41 Å². The summed E-state index contributed by atoms with van der Waals surface area (Å²) in [7, 11) is -3.68. The first kappa shape index (κ1) is 15.4. The first-order chi connectivity index (χ1) is 11.1. The summed E-state index contributed by atoms with van der Waals surface area (Å²) in [4.78, 5) is 0.232. The number of hydrogen-bond donors (Lipinski definition) is 1. The van der Waals surface area contributed by atoms with Crippen LogP contribution in [0, 0.1) is 5.41 Å². The topological polar surface area (TPSA) is 75.8 Å². The standard InChI is InChI=1S/C17H17N3O2S/c1-13(11-12-18)20-16-10-6-5-9-15(16)17(19-20)23(21,22)14-7-3-2-4-8-14/h2-10,12-13,18H,11H2,1H3. The molecule has 23 heavy (non-hydrogen) atoms. The third-order valence-electron chi connectivity index (χ3n) is 3.76. The van der Waals surface area contributed by atoms with Gasteiger partial charge in [0.25, 0.3) is 0 Å². The first-order valence-electron chi connectivity index (χ1n) is 7.32. The van der Waals surface area contributed by atoms with Crippen molar-refractivity contribution in [3.8, 4) is 0 Å². The molecule has 1 heterocycles. The molecule has 1 aromatic heterocycles. The van der Waals surface area contributed by atoms with Crippen LogP contribution in [0.2, 0.25) is 0 Å². The van der Waals surface area contributed by atoms with E-state index in [9.17, 15) is 8.42 Å². The van der Waals surface area contributed by atoms with Crippen molar-refractivity contribution in [2.75, 3.05) is 0 Å². The summed E-state index contributed by atoms with van der Waals surface area (Å²) in [5, 5.41) is 12.3. The number of hydrogen-bond acceptors (Lipinski definition) is 4. The van der Waals surface area contributed by atoms with Gasteiger partial charge in [-0.15, -0.1) is 0 Å². The number of rotatable bonds is 5. The number of nitrogens with zero attached hydrogens (tertiary/aromatic N) is 2. The fourth-order valence-corrected chi connectivity index (χ4v) is 3.97. The maximum absolute atomic E-state index is 12.9. The Morgan fingerprint density at radius 2 is 1.78 bits per heavy atom. The number of fused-ring (bicyclic) bond motifs is 1. The van der Waals surface area contributed by atoms with Gasteiger partial charge in [-0.05, 0) is 37.4 Å². The quantitative estimate of drug-likeness (QED) is 0.729. The molecule has 0 aliphatic heterocycles. The Morgan fingerprint density at radius 3 is 2.48 bits per heavy atom. The number of sulfone groups is 1. The largest absolute Gasteiger partial charge is 0.313 e. The molecule has 0 saturated carbocycles. The molecule has 3 aromatic rings. The highest BCUT2D eigenvalue weighted by molar-refractivity contribution is 7.91. The molecule has 0 fully saturated rings. The minimum Gasteiger partial charge on any atom is -0.313 e. The zero-order valence-corrected chi connectivity index (χ0v) is 13.5. The highest BCUT2D eigenvalue weighted by Gasteiger charge is 2.26. The molecule has 1 atom stereocenters. The predicted molar refractivity (Wildman–Crippen MR) is 89.7 cm³/mol. The summed E-state index contributed by atoms with van der Waals surface area (Å²) in [6, 6.07) is 15.5. The van der Waals surface area contributed by atoms with E-state index < -0.39 is 9.84 Å². The average molecular weight is 327 g/mol. The Bertz CT molecular complexity index is 946. The Kier molecular flexibility index (Phi) is 4.00. The van der Waals surface area contributed by atoms with Crippen LogP contribution in [0.4, 0.5) is 0 Å². The highest BCUT2D eigenvalue weighted by atomic mass is 32.2. The lowest BCUT2D eigenvalue weighted by molar-refractivity contribution is 0.510. The Balaban J connectivity index is 2.25. The van der Waals surface area contributed by atoms with Crippen LogP contribution >= 0.6 is 0 Å². The van der Waals surface area contributed by atoms with Crippen molar-refractivity contribution in [2.24, 2.45) is 0 Å². The maximum atomic E-state index is 12.9. The summed E-state index contributed by atoms with van der Waals surface area (Å²) in [5.41, 5.74) is 0.761. The lowest BCUT2D eigenvalue weighted by Crippen LogP contribution is -2.09. The van der Waals surface area contributed by atoms with Gasteiger partial charge in [0.15, 0.2) is 5.03 Å². The number of nitrogens with one attached hydrogen (secondary N) is 1. The van der Waals surface area contributed by atoms with Gasteiger partial charge in [-0.25, -0.2) is 8.42 Å². The summed E-state index contributed by atoms with van der Waals surface area (Å²) < 4.78 is 27.5. The molecular formula is C17H17N3O2S. The van der Waals surface area contributed by atoms with Crippen LogP contribution in [0.3, 0.4) is 0 Å². The average Bonchev–Trinajstić information content (AvgIpc) is 2.96. The molecule has 0 amide bonds. The first-order valence-corrected chi connectivity index (χ1v) is 8.80. The number of para-hydroxylation sites is 1. The van der Waals surface area contributed by atoms with Crippen LogP contribution in [0.5, 0.6) is 0 Å². The molecule has 0 bridgehead atoms. The molecule has 5 nitrogen and oxygen atoms in total. The molecule has 1 N–H and O–H groups in total. The second-order valence-corrected chi connectivity index (χ2v) is 7.24. The van der Waals surface area contributed by atoms with E-state index in [1.54, 1.807) is 47.1 Å². The van der Waals surface area contributed by atoms with E-state index in [1.807, 2.05) is 19.1 Å².